The lowest BCUT2D eigenvalue weighted by atomic mass is 10.3. The standard InChI is InChI=1S/C5H8O2.C4H6O2/c1-3-4(2)5(6)7;1-3-4(5)6-2/h3H,1-2H3,(H,6,7);3H,1H2,2H3. The average molecular weight is 186 g/mol. The summed E-state index contributed by atoms with van der Waals surface area (Å²) in [6.07, 6.45) is 2.67. The van der Waals surface area contributed by atoms with E-state index in [1.807, 2.05) is 0 Å². The molecule has 0 aliphatic heterocycles. The summed E-state index contributed by atoms with van der Waals surface area (Å²) in [4.78, 5) is 19.7. The highest BCUT2D eigenvalue weighted by atomic mass is 16.5. The molecule has 0 fully saturated rings. The first-order valence-corrected chi connectivity index (χ1v) is 3.56. The predicted molar refractivity (Wildman–Crippen MR) is 49.3 cm³/mol. The van der Waals surface area contributed by atoms with Crippen molar-refractivity contribution in [2.75, 3.05) is 7.11 Å². The van der Waals surface area contributed by atoms with Crippen LogP contribution in [-0.4, -0.2) is 24.2 Å². The van der Waals surface area contributed by atoms with Gasteiger partial charge in [0.05, 0.1) is 7.11 Å². The Kier molecular flexibility index (Phi) is 9.15. The number of methoxy groups -OCH3 is 1. The van der Waals surface area contributed by atoms with Crippen molar-refractivity contribution in [1.82, 2.24) is 0 Å². The molecule has 4 nitrogen and oxygen atoms in total. The molecular formula is C9H14O4. The van der Waals surface area contributed by atoms with E-state index in [0.717, 1.165) is 6.08 Å². The van der Waals surface area contributed by atoms with Crippen LogP contribution in [0.1, 0.15) is 13.8 Å². The minimum atomic E-state index is -0.845. The summed E-state index contributed by atoms with van der Waals surface area (Å²) in [5, 5.41) is 8.11. The van der Waals surface area contributed by atoms with Gasteiger partial charge in [0.2, 0.25) is 0 Å². The summed E-state index contributed by atoms with van der Waals surface area (Å²) in [5.41, 5.74) is 0.389. The molecule has 13 heavy (non-hydrogen) atoms. The SMILES string of the molecule is C=CC(=O)OC.CC=C(C)C(=O)O. The van der Waals surface area contributed by atoms with Crippen LogP contribution >= 0.6 is 0 Å². The number of carbonyl (C=O) groups is 2. The van der Waals surface area contributed by atoms with Crippen LogP contribution in [0.15, 0.2) is 24.3 Å². The van der Waals surface area contributed by atoms with Crippen LogP contribution in [0.3, 0.4) is 0 Å². The number of aliphatic carboxylic acids is 1. The molecule has 0 radical (unpaired) electrons. The molecule has 0 unspecified atom stereocenters. The van der Waals surface area contributed by atoms with Gasteiger partial charge in [-0.1, -0.05) is 12.7 Å². The molecule has 1 N–H and O–H groups in total. The molecule has 0 atom stereocenters. The van der Waals surface area contributed by atoms with E-state index in [-0.39, 0.29) is 0 Å². The Balaban J connectivity index is 0. The van der Waals surface area contributed by atoms with Gasteiger partial charge in [-0.25, -0.2) is 9.59 Å². The second kappa shape index (κ2) is 8.52. The first kappa shape index (κ1) is 14.0. The van der Waals surface area contributed by atoms with E-state index in [4.69, 9.17) is 5.11 Å². The molecule has 0 aromatic heterocycles. The summed E-state index contributed by atoms with van der Waals surface area (Å²) in [5.74, 6) is -1.24. The van der Waals surface area contributed by atoms with Crippen molar-refractivity contribution in [3.05, 3.63) is 24.3 Å². The molecule has 0 bridgehead atoms. The molecule has 0 spiro atoms. The molecule has 0 aliphatic carbocycles. The van der Waals surface area contributed by atoms with E-state index >= 15 is 0 Å². The molecular weight excluding hydrogens is 172 g/mol. The lowest BCUT2D eigenvalue weighted by Gasteiger charge is -1.84. The summed E-state index contributed by atoms with van der Waals surface area (Å²) in [7, 11) is 1.31. The number of carbonyl (C=O) groups excluding carboxylic acids is 1. The fourth-order valence-corrected chi connectivity index (χ4v) is 0.207. The number of esters is 1. The summed E-state index contributed by atoms with van der Waals surface area (Å²) >= 11 is 0. The van der Waals surface area contributed by atoms with E-state index in [1.54, 1.807) is 19.9 Å². The van der Waals surface area contributed by atoms with Crippen molar-refractivity contribution in [3.8, 4) is 0 Å². The minimum Gasteiger partial charge on any atom is -0.478 e. The second-order valence-electron chi connectivity index (χ2n) is 2.00. The van der Waals surface area contributed by atoms with E-state index in [1.165, 1.54) is 7.11 Å². The van der Waals surface area contributed by atoms with Gasteiger partial charge in [-0.15, -0.1) is 0 Å². The van der Waals surface area contributed by atoms with Crippen molar-refractivity contribution < 1.29 is 19.4 Å². The third kappa shape index (κ3) is 10.4. The fraction of sp³-hybridized carbons (Fsp3) is 0.333. The molecule has 0 rings (SSSR count). The van der Waals surface area contributed by atoms with Gasteiger partial charge in [-0.3, -0.25) is 0 Å². The Morgan fingerprint density at radius 3 is 1.92 bits per heavy atom. The molecule has 0 saturated carbocycles. The minimum absolute atomic E-state index is 0.389. The van der Waals surface area contributed by atoms with Crippen LogP contribution in [0, 0.1) is 0 Å². The highest BCUT2D eigenvalue weighted by molar-refractivity contribution is 5.85. The summed E-state index contributed by atoms with van der Waals surface area (Å²) in [6.45, 7) is 6.41. The number of carboxylic acids is 1. The largest absolute Gasteiger partial charge is 0.478 e. The maximum absolute atomic E-state index is 9.86. The van der Waals surface area contributed by atoms with E-state index in [2.05, 4.69) is 11.3 Å². The molecule has 0 aromatic carbocycles. The van der Waals surface area contributed by atoms with Crippen LogP contribution in [0.2, 0.25) is 0 Å². The average Bonchev–Trinajstić information content (AvgIpc) is 2.16. The topological polar surface area (TPSA) is 63.6 Å². The van der Waals surface area contributed by atoms with Crippen LogP contribution in [0.25, 0.3) is 0 Å². The van der Waals surface area contributed by atoms with Crippen LogP contribution in [0.4, 0.5) is 0 Å². The number of rotatable bonds is 2. The van der Waals surface area contributed by atoms with Gasteiger partial charge in [-0.05, 0) is 13.8 Å². The fourth-order valence-electron chi connectivity index (χ4n) is 0.207. The lowest BCUT2D eigenvalue weighted by molar-refractivity contribution is -0.135. The Hall–Kier alpha value is -1.58. The van der Waals surface area contributed by atoms with Crippen molar-refractivity contribution in [3.63, 3.8) is 0 Å². The second-order valence-corrected chi connectivity index (χ2v) is 2.00. The zero-order chi connectivity index (χ0) is 10.9. The zero-order valence-corrected chi connectivity index (χ0v) is 8.03. The molecule has 74 valence electrons. The molecule has 0 amide bonds. The van der Waals surface area contributed by atoms with Crippen molar-refractivity contribution in [2.24, 2.45) is 0 Å². The number of hydrogen-bond donors (Lipinski definition) is 1. The molecule has 0 heterocycles. The molecule has 0 aliphatic rings. The number of allylic oxidation sites excluding steroid dienone is 1. The normalized spacial score (nSPS) is 9.31. The van der Waals surface area contributed by atoms with Crippen LogP contribution in [-0.2, 0) is 14.3 Å². The van der Waals surface area contributed by atoms with Crippen LogP contribution in [0.5, 0.6) is 0 Å². The first-order chi connectivity index (χ1) is 5.99. The van der Waals surface area contributed by atoms with Crippen molar-refractivity contribution in [1.29, 1.82) is 0 Å². The van der Waals surface area contributed by atoms with Gasteiger partial charge < -0.3 is 9.84 Å². The van der Waals surface area contributed by atoms with Gasteiger partial charge in [0, 0.05) is 11.6 Å². The third-order valence-electron chi connectivity index (χ3n) is 1.14. The Morgan fingerprint density at radius 1 is 1.46 bits per heavy atom. The molecule has 0 saturated heterocycles. The highest BCUT2D eigenvalue weighted by Crippen LogP contribution is 1.87. The summed E-state index contributed by atoms with van der Waals surface area (Å²) in [6, 6.07) is 0. The monoisotopic (exact) mass is 186 g/mol. The van der Waals surface area contributed by atoms with Crippen molar-refractivity contribution >= 4 is 11.9 Å². The van der Waals surface area contributed by atoms with Crippen LogP contribution < -0.4 is 0 Å². The lowest BCUT2D eigenvalue weighted by Crippen LogP contribution is -1.93. The van der Waals surface area contributed by atoms with E-state index in [0.29, 0.717) is 5.57 Å². The third-order valence-corrected chi connectivity index (χ3v) is 1.14. The van der Waals surface area contributed by atoms with Gasteiger partial charge in [0.25, 0.3) is 0 Å². The summed E-state index contributed by atoms with van der Waals surface area (Å²) < 4.78 is 4.14. The number of ether oxygens (including phenoxy) is 1. The smallest absolute Gasteiger partial charge is 0.330 e. The highest BCUT2D eigenvalue weighted by Gasteiger charge is 1.93. The maximum atomic E-state index is 9.86. The Morgan fingerprint density at radius 2 is 1.92 bits per heavy atom. The Labute approximate surface area is 77.5 Å². The quantitative estimate of drug-likeness (QED) is 0.522. The number of carboxylic acid groups (broad SMARTS) is 1. The zero-order valence-electron chi connectivity index (χ0n) is 8.03. The number of hydrogen-bond acceptors (Lipinski definition) is 3. The van der Waals surface area contributed by atoms with Gasteiger partial charge in [-0.2, -0.15) is 0 Å². The van der Waals surface area contributed by atoms with Crippen molar-refractivity contribution in [2.45, 2.75) is 13.8 Å². The van der Waals surface area contributed by atoms with E-state index < -0.39 is 11.9 Å². The first-order valence-electron chi connectivity index (χ1n) is 3.56. The predicted octanol–water partition coefficient (Wildman–Crippen LogP) is 1.38. The van der Waals surface area contributed by atoms with Gasteiger partial charge in [0.1, 0.15) is 0 Å². The van der Waals surface area contributed by atoms with E-state index in [9.17, 15) is 9.59 Å². The molecule has 4 heteroatoms. The van der Waals surface area contributed by atoms with Gasteiger partial charge in [0.15, 0.2) is 0 Å². The Bertz CT molecular complexity index is 216. The van der Waals surface area contributed by atoms with Gasteiger partial charge >= 0.3 is 11.9 Å². The molecule has 0 aromatic rings. The maximum Gasteiger partial charge on any atom is 0.330 e.